The van der Waals surface area contributed by atoms with Gasteiger partial charge in [0.15, 0.2) is 0 Å². The molecule has 0 saturated carbocycles. The summed E-state index contributed by atoms with van der Waals surface area (Å²) in [5.41, 5.74) is 0.300. The fraction of sp³-hybridized carbons (Fsp3) is 0.0625. The Hall–Kier alpha value is -2.73. The third-order valence-electron chi connectivity index (χ3n) is 3.34. The highest BCUT2D eigenvalue weighted by Gasteiger charge is 2.12. The first-order valence-corrected chi connectivity index (χ1v) is 7.06. The molecule has 0 saturated heterocycles. The van der Waals surface area contributed by atoms with E-state index in [1.54, 1.807) is 18.3 Å². The quantitative estimate of drug-likeness (QED) is 0.568. The number of H-pyrrole nitrogens is 1. The Morgan fingerprint density at radius 3 is 2.91 bits per heavy atom. The number of aromatic amines is 1. The minimum atomic E-state index is -0.480. The Bertz CT molecular complexity index is 956. The van der Waals surface area contributed by atoms with Crippen LogP contribution in [-0.2, 0) is 6.61 Å². The van der Waals surface area contributed by atoms with Gasteiger partial charge in [-0.3, -0.25) is 9.78 Å². The SMILES string of the molecule is N=Cc1c(=O)[nH]c(OCc2cccnc2Cl)c2cc(F)ccc12. The first-order valence-electron chi connectivity index (χ1n) is 6.68. The number of nitrogens with one attached hydrogen (secondary N) is 2. The number of hydrogen-bond donors (Lipinski definition) is 2. The Labute approximate surface area is 135 Å². The molecule has 2 N–H and O–H groups in total. The van der Waals surface area contributed by atoms with Crippen LogP contribution in [0.4, 0.5) is 4.39 Å². The van der Waals surface area contributed by atoms with Gasteiger partial charge in [0.2, 0.25) is 5.88 Å². The standard InChI is InChI=1S/C16H11ClFN3O2/c17-14-9(2-1-5-20-14)8-23-16-12-6-10(18)3-4-11(12)13(7-19)15(22)21-16/h1-7,19H,8H2,(H,21,22). The summed E-state index contributed by atoms with van der Waals surface area (Å²) in [6.07, 6.45) is 2.48. The van der Waals surface area contributed by atoms with Crippen LogP contribution in [0.1, 0.15) is 11.1 Å². The van der Waals surface area contributed by atoms with E-state index in [1.807, 2.05) is 0 Å². The summed E-state index contributed by atoms with van der Waals surface area (Å²) >= 11 is 5.96. The Morgan fingerprint density at radius 2 is 2.17 bits per heavy atom. The molecule has 23 heavy (non-hydrogen) atoms. The predicted molar refractivity (Wildman–Crippen MR) is 86.0 cm³/mol. The van der Waals surface area contributed by atoms with Crippen LogP contribution in [0.2, 0.25) is 5.15 Å². The van der Waals surface area contributed by atoms with E-state index >= 15 is 0 Å². The minimum absolute atomic E-state index is 0.0676. The Balaban J connectivity index is 2.07. The molecule has 0 radical (unpaired) electrons. The lowest BCUT2D eigenvalue weighted by Crippen LogP contribution is -2.14. The summed E-state index contributed by atoms with van der Waals surface area (Å²) in [6, 6.07) is 7.38. The van der Waals surface area contributed by atoms with Crippen molar-refractivity contribution in [3.8, 4) is 5.88 Å². The smallest absolute Gasteiger partial charge is 0.260 e. The average Bonchev–Trinajstić information content (AvgIpc) is 2.54. The molecule has 0 aliphatic rings. The monoisotopic (exact) mass is 331 g/mol. The topological polar surface area (TPSA) is 78.8 Å². The van der Waals surface area contributed by atoms with E-state index in [1.165, 1.54) is 18.2 Å². The summed E-state index contributed by atoms with van der Waals surface area (Å²) in [4.78, 5) is 18.5. The fourth-order valence-electron chi connectivity index (χ4n) is 2.23. The first kappa shape index (κ1) is 15.2. The van der Waals surface area contributed by atoms with Crippen LogP contribution < -0.4 is 10.3 Å². The average molecular weight is 332 g/mol. The Kier molecular flexibility index (Phi) is 4.08. The highest BCUT2D eigenvalue weighted by Crippen LogP contribution is 2.26. The molecule has 3 rings (SSSR count). The van der Waals surface area contributed by atoms with Gasteiger partial charge in [0, 0.05) is 28.7 Å². The number of nitrogens with zero attached hydrogens (tertiary/aromatic N) is 1. The molecule has 0 atom stereocenters. The molecular weight excluding hydrogens is 321 g/mol. The van der Waals surface area contributed by atoms with Crippen molar-refractivity contribution in [2.45, 2.75) is 6.61 Å². The van der Waals surface area contributed by atoms with Crippen molar-refractivity contribution < 1.29 is 9.13 Å². The zero-order valence-corrected chi connectivity index (χ0v) is 12.5. The van der Waals surface area contributed by atoms with Gasteiger partial charge in [-0.2, -0.15) is 0 Å². The van der Waals surface area contributed by atoms with Crippen molar-refractivity contribution >= 4 is 28.6 Å². The maximum absolute atomic E-state index is 13.5. The molecule has 116 valence electrons. The molecule has 0 spiro atoms. The van der Waals surface area contributed by atoms with E-state index in [2.05, 4.69) is 9.97 Å². The van der Waals surface area contributed by atoms with E-state index in [4.69, 9.17) is 21.7 Å². The van der Waals surface area contributed by atoms with Gasteiger partial charge < -0.3 is 10.1 Å². The van der Waals surface area contributed by atoms with E-state index in [-0.39, 0.29) is 18.1 Å². The third-order valence-corrected chi connectivity index (χ3v) is 3.68. The second kappa shape index (κ2) is 6.18. The van der Waals surface area contributed by atoms with E-state index in [0.29, 0.717) is 21.5 Å². The molecular formula is C16H11ClFN3O2. The van der Waals surface area contributed by atoms with Crippen molar-refractivity contribution in [2.24, 2.45) is 0 Å². The molecule has 0 bridgehead atoms. The van der Waals surface area contributed by atoms with Crippen LogP contribution in [0.3, 0.4) is 0 Å². The number of rotatable bonds is 4. The lowest BCUT2D eigenvalue weighted by Gasteiger charge is -2.11. The van der Waals surface area contributed by atoms with Gasteiger partial charge in [0.1, 0.15) is 17.6 Å². The molecule has 3 aromatic rings. The molecule has 2 heterocycles. The van der Waals surface area contributed by atoms with Crippen molar-refractivity contribution in [3.63, 3.8) is 0 Å². The van der Waals surface area contributed by atoms with Crippen LogP contribution in [-0.4, -0.2) is 16.2 Å². The zero-order valence-electron chi connectivity index (χ0n) is 11.8. The molecule has 7 heteroatoms. The predicted octanol–water partition coefficient (Wildman–Crippen LogP) is 3.29. The fourth-order valence-corrected chi connectivity index (χ4v) is 2.41. The number of hydrogen-bond acceptors (Lipinski definition) is 4. The van der Waals surface area contributed by atoms with Crippen LogP contribution in [0.5, 0.6) is 5.88 Å². The van der Waals surface area contributed by atoms with Gasteiger partial charge in [0.05, 0.1) is 5.56 Å². The van der Waals surface area contributed by atoms with Gasteiger partial charge in [-0.15, -0.1) is 0 Å². The van der Waals surface area contributed by atoms with Crippen LogP contribution in [0.15, 0.2) is 41.3 Å². The Morgan fingerprint density at radius 1 is 1.35 bits per heavy atom. The highest BCUT2D eigenvalue weighted by atomic mass is 35.5. The van der Waals surface area contributed by atoms with Gasteiger partial charge in [-0.25, -0.2) is 9.37 Å². The maximum Gasteiger partial charge on any atom is 0.260 e. The van der Waals surface area contributed by atoms with Crippen molar-refractivity contribution in [2.75, 3.05) is 0 Å². The summed E-state index contributed by atoms with van der Waals surface area (Å²) in [5, 5.41) is 8.46. The van der Waals surface area contributed by atoms with Crippen molar-refractivity contribution in [3.05, 3.63) is 69.0 Å². The van der Waals surface area contributed by atoms with Crippen LogP contribution >= 0.6 is 11.6 Å². The second-order valence-corrected chi connectivity index (χ2v) is 5.13. The zero-order chi connectivity index (χ0) is 16.4. The van der Waals surface area contributed by atoms with Crippen LogP contribution in [0.25, 0.3) is 10.8 Å². The van der Waals surface area contributed by atoms with E-state index < -0.39 is 11.4 Å². The molecule has 0 aliphatic heterocycles. The molecule has 0 aliphatic carbocycles. The van der Waals surface area contributed by atoms with Crippen molar-refractivity contribution in [1.82, 2.24) is 9.97 Å². The molecule has 5 nitrogen and oxygen atoms in total. The molecule has 0 amide bonds. The highest BCUT2D eigenvalue weighted by molar-refractivity contribution is 6.30. The normalized spacial score (nSPS) is 10.7. The summed E-state index contributed by atoms with van der Waals surface area (Å²) in [6.45, 7) is 0.0676. The number of benzene rings is 1. The first-order chi connectivity index (χ1) is 11.1. The molecule has 2 aromatic heterocycles. The van der Waals surface area contributed by atoms with Crippen LogP contribution in [0, 0.1) is 11.2 Å². The molecule has 0 unspecified atom stereocenters. The molecule has 0 fully saturated rings. The number of aromatic nitrogens is 2. The van der Waals surface area contributed by atoms with Gasteiger partial charge in [0.25, 0.3) is 5.56 Å². The summed E-state index contributed by atoms with van der Waals surface area (Å²) in [5.74, 6) is -0.347. The van der Waals surface area contributed by atoms with Gasteiger partial charge in [-0.05, 0) is 18.2 Å². The lowest BCUT2D eigenvalue weighted by molar-refractivity contribution is 0.297. The molecule has 1 aromatic carbocycles. The number of pyridine rings is 2. The number of ether oxygens (including phenoxy) is 1. The summed E-state index contributed by atoms with van der Waals surface area (Å²) < 4.78 is 19.1. The minimum Gasteiger partial charge on any atom is -0.473 e. The van der Waals surface area contributed by atoms with E-state index in [0.717, 1.165) is 6.21 Å². The summed E-state index contributed by atoms with van der Waals surface area (Å²) in [7, 11) is 0. The van der Waals surface area contributed by atoms with E-state index in [9.17, 15) is 9.18 Å². The third kappa shape index (κ3) is 2.93. The number of halogens is 2. The van der Waals surface area contributed by atoms with Gasteiger partial charge in [-0.1, -0.05) is 23.7 Å². The van der Waals surface area contributed by atoms with Crippen molar-refractivity contribution in [1.29, 1.82) is 5.41 Å². The van der Waals surface area contributed by atoms with Gasteiger partial charge >= 0.3 is 0 Å². The maximum atomic E-state index is 13.5. The number of fused-ring (bicyclic) bond motifs is 1. The largest absolute Gasteiger partial charge is 0.473 e. The lowest BCUT2D eigenvalue weighted by atomic mass is 10.1. The second-order valence-electron chi connectivity index (χ2n) is 4.77.